The average molecular weight is 846 g/mol. The number of amides is 4. The van der Waals surface area contributed by atoms with Crippen molar-refractivity contribution in [3.63, 3.8) is 0 Å². The molecular formula is C40H34BrClN4O6S2. The number of allylic oxidation sites excluding steroid dienone is 2. The highest BCUT2D eigenvalue weighted by Crippen LogP contribution is 2.64. The summed E-state index contributed by atoms with van der Waals surface area (Å²) in [6, 6.07) is 14.8. The van der Waals surface area contributed by atoms with Gasteiger partial charge >= 0.3 is 0 Å². The van der Waals surface area contributed by atoms with E-state index in [0.29, 0.717) is 33.0 Å². The van der Waals surface area contributed by atoms with E-state index in [0.717, 1.165) is 31.0 Å². The number of likely N-dealkylation sites (tertiary alicyclic amines) is 1. The van der Waals surface area contributed by atoms with Crippen LogP contribution in [0.3, 0.4) is 0 Å². The number of nitrogens with zero attached hydrogens (tertiary/aromatic N) is 4. The summed E-state index contributed by atoms with van der Waals surface area (Å²) in [6.45, 7) is 4.05. The van der Waals surface area contributed by atoms with E-state index in [-0.39, 0.29) is 48.1 Å². The number of fused-ring (bicyclic) bond motifs is 5. The normalized spacial score (nSPS) is 26.4. The Kier molecular flexibility index (Phi) is 8.27. The van der Waals surface area contributed by atoms with Gasteiger partial charge in [0.25, 0.3) is 0 Å². The first-order valence-electron chi connectivity index (χ1n) is 17.6. The zero-order valence-electron chi connectivity index (χ0n) is 29.6. The second-order valence-corrected chi connectivity index (χ2v) is 18.1. The Morgan fingerprint density at radius 1 is 1.07 bits per heavy atom. The van der Waals surface area contributed by atoms with Crippen molar-refractivity contribution in [2.45, 2.75) is 39.2 Å². The molecule has 2 saturated heterocycles. The van der Waals surface area contributed by atoms with Crippen LogP contribution in [0.25, 0.3) is 20.7 Å². The number of hydrogen-bond donors (Lipinski definition) is 1. The van der Waals surface area contributed by atoms with E-state index in [1.807, 2.05) is 55.6 Å². The number of imide groups is 2. The molecule has 5 heterocycles. The third kappa shape index (κ3) is 4.97. The second kappa shape index (κ2) is 12.6. The Bertz CT molecular complexity index is 2490. The summed E-state index contributed by atoms with van der Waals surface area (Å²) < 4.78 is 8.54. The minimum absolute atomic E-state index is 0.0922. The summed E-state index contributed by atoms with van der Waals surface area (Å²) in [5, 5.41) is 19.2. The average Bonchev–Trinajstić information content (AvgIpc) is 3.95. The van der Waals surface area contributed by atoms with Crippen molar-refractivity contribution in [3.05, 3.63) is 91.1 Å². The Morgan fingerprint density at radius 3 is 2.61 bits per heavy atom. The number of aromatic nitrogens is 2. The largest absolute Gasteiger partial charge is 0.503 e. The maximum Gasteiger partial charge on any atom is 0.242 e. The molecule has 0 unspecified atom stereocenters. The van der Waals surface area contributed by atoms with Crippen molar-refractivity contribution in [1.82, 2.24) is 14.7 Å². The fraction of sp³-hybridized carbons (Fsp3) is 0.325. The number of methoxy groups -OCH3 is 1. The number of hydrogen-bond acceptors (Lipinski definition) is 9. The van der Waals surface area contributed by atoms with Crippen LogP contribution in [0.1, 0.15) is 41.7 Å². The van der Waals surface area contributed by atoms with E-state index in [9.17, 15) is 19.5 Å². The number of aryl methyl sites for hydroxylation is 2. The van der Waals surface area contributed by atoms with E-state index in [4.69, 9.17) is 21.4 Å². The Labute approximate surface area is 332 Å². The van der Waals surface area contributed by atoms with E-state index >= 15 is 4.79 Å². The molecule has 4 aliphatic rings. The quantitative estimate of drug-likeness (QED) is 0.135. The lowest BCUT2D eigenvalue weighted by molar-refractivity contribution is -0.141. The summed E-state index contributed by atoms with van der Waals surface area (Å²) >= 11 is 12.9. The maximum atomic E-state index is 15.2. The molecule has 0 bridgehead atoms. The van der Waals surface area contributed by atoms with Gasteiger partial charge in [0, 0.05) is 33.6 Å². The molecule has 10 nitrogen and oxygen atoms in total. The fourth-order valence-electron chi connectivity index (χ4n) is 9.52. The highest BCUT2D eigenvalue weighted by Gasteiger charge is 2.68. The number of anilines is 1. The molecule has 5 aromatic rings. The number of ether oxygens (including phenoxy) is 1. The monoisotopic (exact) mass is 844 g/mol. The number of phenols is 1. The number of rotatable bonds is 6. The van der Waals surface area contributed by atoms with Crippen LogP contribution < -0.4 is 9.64 Å². The molecule has 0 spiro atoms. The summed E-state index contributed by atoms with van der Waals surface area (Å²) in [6.07, 6.45) is 2.58. The highest BCUT2D eigenvalue weighted by atomic mass is 79.9. The molecular weight excluding hydrogens is 812 g/mol. The molecule has 2 aliphatic carbocycles. The van der Waals surface area contributed by atoms with Gasteiger partial charge in [-0.1, -0.05) is 29.3 Å². The van der Waals surface area contributed by atoms with Crippen LogP contribution in [0.2, 0.25) is 5.02 Å². The van der Waals surface area contributed by atoms with E-state index in [1.54, 1.807) is 41.3 Å². The molecule has 3 aromatic heterocycles. The van der Waals surface area contributed by atoms with Gasteiger partial charge in [0.1, 0.15) is 11.5 Å². The SMILES string of the molecule is COc1cc([C@H]2C3=CC[C@@H]4C(=O)N(Cc5cccs5)C(=O)[C@@H]4[C@@H]3C[C@H]3C(=O)N(c4cc(-c5sc6ccc(Cl)cc6c5C)nn4C)C(=O)[C@@]23C)cc(Br)c1O. The summed E-state index contributed by atoms with van der Waals surface area (Å²) in [7, 11) is 3.17. The standard InChI is InChI=1S/C40H34BrClN4O6S2/c1-18-24-14-20(42)7-10-30(24)54-35(18)28-16-31(44(3)43-28)46-37(49)26-15-25-22(8-9-23-32(25)38(50)45(36(23)48)17-21-6-5-11-53-21)33(40(26,2)39(46)51)19-12-27(41)34(47)29(13-19)52-4/h5-8,10-14,16,23,25-26,32-33,47H,9,15,17H2,1-4H3/t23-,25+,26-,32-,33-,40+/m0/s1. The first-order valence-corrected chi connectivity index (χ1v) is 20.5. The van der Waals surface area contributed by atoms with Crippen LogP contribution in [0.15, 0.2) is 70.0 Å². The second-order valence-electron chi connectivity index (χ2n) is 14.8. The lowest BCUT2D eigenvalue weighted by Crippen LogP contribution is -2.48. The summed E-state index contributed by atoms with van der Waals surface area (Å²) in [5.74, 6) is -3.94. The smallest absolute Gasteiger partial charge is 0.242 e. The van der Waals surface area contributed by atoms with Crippen LogP contribution in [0.4, 0.5) is 5.82 Å². The van der Waals surface area contributed by atoms with E-state index in [1.165, 1.54) is 28.2 Å². The lowest BCUT2D eigenvalue weighted by atomic mass is 9.51. The zero-order valence-corrected chi connectivity index (χ0v) is 33.6. The van der Waals surface area contributed by atoms with Gasteiger partial charge in [0.2, 0.25) is 23.6 Å². The van der Waals surface area contributed by atoms with Crippen molar-refractivity contribution >= 4 is 89.7 Å². The first-order chi connectivity index (χ1) is 25.8. The van der Waals surface area contributed by atoms with Gasteiger partial charge in [-0.25, -0.2) is 4.90 Å². The molecule has 1 saturated carbocycles. The number of thiophene rings is 2. The van der Waals surface area contributed by atoms with Crippen molar-refractivity contribution in [3.8, 4) is 22.1 Å². The van der Waals surface area contributed by atoms with Gasteiger partial charge in [-0.05, 0) is 107 Å². The van der Waals surface area contributed by atoms with Crippen LogP contribution in [-0.4, -0.2) is 50.5 Å². The molecule has 276 valence electrons. The van der Waals surface area contributed by atoms with E-state index < -0.39 is 35.0 Å². The summed E-state index contributed by atoms with van der Waals surface area (Å²) in [5.41, 5.74) is 1.85. The third-order valence-electron chi connectivity index (χ3n) is 12.1. The number of aromatic hydroxyl groups is 1. The number of phenolic OH excluding ortho intramolecular Hbond substituents is 1. The number of carbonyl (C=O) groups excluding carboxylic acids is 4. The number of benzene rings is 2. The number of halogens is 2. The third-order valence-corrected chi connectivity index (χ3v) is 15.1. The van der Waals surface area contributed by atoms with Gasteiger partial charge in [0.15, 0.2) is 11.5 Å². The Balaban J connectivity index is 1.16. The molecule has 2 aromatic carbocycles. The first kappa shape index (κ1) is 35.4. The van der Waals surface area contributed by atoms with Gasteiger partial charge < -0.3 is 9.84 Å². The van der Waals surface area contributed by atoms with Crippen molar-refractivity contribution < 1.29 is 29.0 Å². The molecule has 9 rings (SSSR count). The topological polar surface area (TPSA) is 122 Å². The lowest BCUT2D eigenvalue weighted by Gasteiger charge is -2.49. The van der Waals surface area contributed by atoms with Gasteiger partial charge in [-0.15, -0.1) is 22.7 Å². The Morgan fingerprint density at radius 2 is 1.87 bits per heavy atom. The van der Waals surface area contributed by atoms with E-state index in [2.05, 4.69) is 15.9 Å². The highest BCUT2D eigenvalue weighted by molar-refractivity contribution is 9.10. The van der Waals surface area contributed by atoms with Crippen LogP contribution in [-0.2, 0) is 32.8 Å². The van der Waals surface area contributed by atoms with Crippen LogP contribution >= 0.6 is 50.2 Å². The van der Waals surface area contributed by atoms with Gasteiger partial charge in [-0.3, -0.25) is 28.8 Å². The Hall–Kier alpha value is -4.30. The molecule has 4 amide bonds. The number of carbonyl (C=O) groups is 4. The molecule has 6 atom stereocenters. The summed E-state index contributed by atoms with van der Waals surface area (Å²) in [4.78, 5) is 62.7. The molecule has 2 aliphatic heterocycles. The predicted octanol–water partition coefficient (Wildman–Crippen LogP) is 8.23. The molecule has 14 heteroatoms. The zero-order chi connectivity index (χ0) is 38.0. The minimum Gasteiger partial charge on any atom is -0.503 e. The van der Waals surface area contributed by atoms with Gasteiger partial charge in [0.05, 0.1) is 46.2 Å². The molecule has 3 fully saturated rings. The predicted molar refractivity (Wildman–Crippen MR) is 211 cm³/mol. The maximum absolute atomic E-state index is 15.2. The van der Waals surface area contributed by atoms with Crippen molar-refractivity contribution in [2.75, 3.05) is 12.0 Å². The van der Waals surface area contributed by atoms with Crippen LogP contribution in [0, 0.1) is 36.0 Å². The fourth-order valence-corrected chi connectivity index (χ4v) is 12.0. The van der Waals surface area contributed by atoms with Crippen molar-refractivity contribution in [2.24, 2.45) is 36.1 Å². The molecule has 54 heavy (non-hydrogen) atoms. The molecule has 1 N–H and O–H groups in total. The van der Waals surface area contributed by atoms with Crippen LogP contribution in [0.5, 0.6) is 11.5 Å². The minimum atomic E-state index is -1.29. The van der Waals surface area contributed by atoms with Gasteiger partial charge in [-0.2, -0.15) is 5.10 Å². The van der Waals surface area contributed by atoms with Crippen molar-refractivity contribution in [1.29, 1.82) is 0 Å². The molecule has 0 radical (unpaired) electrons.